The fourth-order valence-corrected chi connectivity index (χ4v) is 3.43. The maximum atomic E-state index is 12.9. The lowest BCUT2D eigenvalue weighted by molar-refractivity contribution is -0.142. The Balaban J connectivity index is 1.91. The molecule has 0 aromatic heterocycles. The average Bonchev–Trinajstić information content (AvgIpc) is 3.08. The van der Waals surface area contributed by atoms with Crippen LogP contribution in [-0.4, -0.2) is 47.6 Å². The minimum Gasteiger partial charge on any atom is -0.379 e. The zero-order valence-corrected chi connectivity index (χ0v) is 11.6. The molecule has 3 rings (SSSR count). The Labute approximate surface area is 113 Å². The molecule has 2 aliphatic heterocycles. The summed E-state index contributed by atoms with van der Waals surface area (Å²) in [5.74, 6) is 0.389. The molecule has 1 aliphatic carbocycles. The van der Waals surface area contributed by atoms with Gasteiger partial charge in [-0.2, -0.15) is 0 Å². The Morgan fingerprint density at radius 3 is 2.63 bits per heavy atom. The van der Waals surface area contributed by atoms with E-state index in [0.29, 0.717) is 25.6 Å². The van der Waals surface area contributed by atoms with E-state index in [1.165, 1.54) is 0 Å². The van der Waals surface area contributed by atoms with Crippen molar-refractivity contribution in [2.24, 2.45) is 5.92 Å². The quantitative estimate of drug-likeness (QED) is 0.799. The van der Waals surface area contributed by atoms with Crippen molar-refractivity contribution in [2.45, 2.75) is 57.2 Å². The third kappa shape index (κ3) is 2.14. The number of hydrogen-bond donors (Lipinski definition) is 1. The van der Waals surface area contributed by atoms with E-state index in [9.17, 15) is 9.59 Å². The van der Waals surface area contributed by atoms with Crippen molar-refractivity contribution in [1.29, 1.82) is 0 Å². The maximum absolute atomic E-state index is 12.9. The van der Waals surface area contributed by atoms with E-state index < -0.39 is 5.54 Å². The van der Waals surface area contributed by atoms with Gasteiger partial charge in [-0.05, 0) is 39.0 Å². The minimum atomic E-state index is -0.704. The summed E-state index contributed by atoms with van der Waals surface area (Å²) in [5.41, 5.74) is -0.704. The van der Waals surface area contributed by atoms with Gasteiger partial charge in [0.2, 0.25) is 11.8 Å². The normalized spacial score (nSPS) is 40.2. The Kier molecular flexibility index (Phi) is 3.04. The monoisotopic (exact) mass is 266 g/mol. The van der Waals surface area contributed by atoms with Crippen LogP contribution in [0.3, 0.4) is 0 Å². The van der Waals surface area contributed by atoms with Gasteiger partial charge in [0.15, 0.2) is 0 Å². The molecule has 3 aliphatic rings. The molecular formula is C14H22N2O3. The Hall–Kier alpha value is -1.10. The fourth-order valence-electron chi connectivity index (χ4n) is 3.43. The van der Waals surface area contributed by atoms with Gasteiger partial charge in [-0.1, -0.05) is 0 Å². The van der Waals surface area contributed by atoms with Gasteiger partial charge in [-0.15, -0.1) is 0 Å². The summed E-state index contributed by atoms with van der Waals surface area (Å²) in [5, 5.41) is 2.98. The molecule has 3 fully saturated rings. The molecule has 106 valence electrons. The van der Waals surface area contributed by atoms with Gasteiger partial charge in [0.25, 0.3) is 0 Å². The van der Waals surface area contributed by atoms with E-state index in [-0.39, 0.29) is 23.9 Å². The smallest absolute Gasteiger partial charge is 0.248 e. The predicted molar refractivity (Wildman–Crippen MR) is 69.4 cm³/mol. The highest BCUT2D eigenvalue weighted by Gasteiger charge is 2.53. The highest BCUT2D eigenvalue weighted by atomic mass is 16.5. The molecule has 0 aromatic rings. The number of nitrogens with zero attached hydrogens (tertiary/aromatic N) is 1. The van der Waals surface area contributed by atoms with Crippen LogP contribution in [-0.2, 0) is 14.3 Å². The molecule has 2 heterocycles. The van der Waals surface area contributed by atoms with E-state index in [1.807, 2.05) is 18.7 Å². The van der Waals surface area contributed by atoms with Crippen molar-refractivity contribution in [1.82, 2.24) is 10.2 Å². The van der Waals surface area contributed by atoms with Crippen LogP contribution >= 0.6 is 0 Å². The lowest BCUT2D eigenvalue weighted by atomic mass is 9.93. The molecule has 3 unspecified atom stereocenters. The van der Waals surface area contributed by atoms with Crippen LogP contribution in [0.1, 0.15) is 39.5 Å². The SMILES string of the molecule is CC1CC(=O)NC(C)(C2CC2)C(=O)N1C1CCOC1. The van der Waals surface area contributed by atoms with Gasteiger partial charge < -0.3 is 15.0 Å². The predicted octanol–water partition coefficient (Wildman–Crippen LogP) is 0.681. The zero-order chi connectivity index (χ0) is 13.6. The van der Waals surface area contributed by atoms with Crippen molar-refractivity contribution in [3.63, 3.8) is 0 Å². The molecule has 0 radical (unpaired) electrons. The molecule has 3 atom stereocenters. The second-order valence-electron chi connectivity index (χ2n) is 6.31. The number of hydrogen-bond acceptors (Lipinski definition) is 3. The Morgan fingerprint density at radius 1 is 1.32 bits per heavy atom. The van der Waals surface area contributed by atoms with Crippen molar-refractivity contribution in [3.8, 4) is 0 Å². The molecule has 2 saturated heterocycles. The summed E-state index contributed by atoms with van der Waals surface area (Å²) in [6, 6.07) is 0.0908. The number of ether oxygens (including phenoxy) is 1. The van der Waals surface area contributed by atoms with Crippen LogP contribution in [0.4, 0.5) is 0 Å². The van der Waals surface area contributed by atoms with Crippen molar-refractivity contribution in [2.75, 3.05) is 13.2 Å². The third-order valence-electron chi connectivity index (χ3n) is 4.73. The first-order valence-corrected chi connectivity index (χ1v) is 7.24. The molecule has 0 bridgehead atoms. The highest BCUT2D eigenvalue weighted by Crippen LogP contribution is 2.42. The highest BCUT2D eigenvalue weighted by molar-refractivity contribution is 5.94. The summed E-state index contributed by atoms with van der Waals surface area (Å²) in [6.45, 7) is 5.17. The summed E-state index contributed by atoms with van der Waals surface area (Å²) in [7, 11) is 0. The summed E-state index contributed by atoms with van der Waals surface area (Å²) in [6.07, 6.45) is 3.34. The van der Waals surface area contributed by atoms with E-state index in [2.05, 4.69) is 5.32 Å². The zero-order valence-electron chi connectivity index (χ0n) is 11.6. The fraction of sp³-hybridized carbons (Fsp3) is 0.857. The second-order valence-corrected chi connectivity index (χ2v) is 6.31. The van der Waals surface area contributed by atoms with Crippen LogP contribution in [0.5, 0.6) is 0 Å². The van der Waals surface area contributed by atoms with Crippen molar-refractivity contribution < 1.29 is 14.3 Å². The first-order valence-electron chi connectivity index (χ1n) is 7.24. The first-order chi connectivity index (χ1) is 9.02. The number of nitrogens with one attached hydrogen (secondary N) is 1. The van der Waals surface area contributed by atoms with Crippen LogP contribution in [0.15, 0.2) is 0 Å². The molecule has 2 amide bonds. The number of amides is 2. The second kappa shape index (κ2) is 4.47. The summed E-state index contributed by atoms with van der Waals surface area (Å²) in [4.78, 5) is 26.9. The van der Waals surface area contributed by atoms with Crippen LogP contribution in [0.25, 0.3) is 0 Å². The average molecular weight is 266 g/mol. The van der Waals surface area contributed by atoms with Gasteiger partial charge in [0.05, 0.1) is 12.6 Å². The lowest BCUT2D eigenvalue weighted by Gasteiger charge is -2.37. The summed E-state index contributed by atoms with van der Waals surface area (Å²) >= 11 is 0. The van der Waals surface area contributed by atoms with Gasteiger partial charge in [-0.25, -0.2) is 0 Å². The minimum absolute atomic E-state index is 0.00309. The standard InChI is InChI=1S/C14H22N2O3/c1-9-7-12(17)15-14(2,10-3-4-10)13(18)16(9)11-5-6-19-8-11/h9-11H,3-8H2,1-2H3,(H,15,17). The number of carbonyl (C=O) groups is 2. The molecular weight excluding hydrogens is 244 g/mol. The summed E-state index contributed by atoms with van der Waals surface area (Å²) < 4.78 is 5.42. The molecule has 1 N–H and O–H groups in total. The molecule has 5 nitrogen and oxygen atoms in total. The maximum Gasteiger partial charge on any atom is 0.248 e. The van der Waals surface area contributed by atoms with Crippen molar-refractivity contribution >= 4 is 11.8 Å². The topological polar surface area (TPSA) is 58.6 Å². The molecule has 5 heteroatoms. The van der Waals surface area contributed by atoms with Gasteiger partial charge in [0.1, 0.15) is 5.54 Å². The number of carbonyl (C=O) groups excluding carboxylic acids is 2. The lowest BCUT2D eigenvalue weighted by Crippen LogP contribution is -2.59. The molecule has 0 spiro atoms. The van der Waals surface area contributed by atoms with Crippen LogP contribution < -0.4 is 5.32 Å². The largest absolute Gasteiger partial charge is 0.379 e. The Bertz CT molecular complexity index is 401. The number of rotatable bonds is 2. The molecule has 0 aromatic carbocycles. The van der Waals surface area contributed by atoms with Crippen molar-refractivity contribution in [3.05, 3.63) is 0 Å². The third-order valence-corrected chi connectivity index (χ3v) is 4.73. The Morgan fingerprint density at radius 2 is 2.05 bits per heavy atom. The van der Waals surface area contributed by atoms with Crippen LogP contribution in [0, 0.1) is 5.92 Å². The van der Waals surface area contributed by atoms with Crippen LogP contribution in [0.2, 0.25) is 0 Å². The van der Waals surface area contributed by atoms with Gasteiger partial charge >= 0.3 is 0 Å². The molecule has 19 heavy (non-hydrogen) atoms. The van der Waals surface area contributed by atoms with E-state index in [0.717, 1.165) is 19.3 Å². The van der Waals surface area contributed by atoms with Gasteiger partial charge in [-0.3, -0.25) is 9.59 Å². The first kappa shape index (κ1) is 12.9. The molecule has 1 saturated carbocycles. The van der Waals surface area contributed by atoms with E-state index >= 15 is 0 Å². The van der Waals surface area contributed by atoms with Gasteiger partial charge in [0, 0.05) is 19.1 Å². The van der Waals surface area contributed by atoms with E-state index in [1.54, 1.807) is 0 Å². The van der Waals surface area contributed by atoms with E-state index in [4.69, 9.17) is 4.74 Å².